The zero-order valence-corrected chi connectivity index (χ0v) is 54.8. The van der Waals surface area contributed by atoms with Crippen LogP contribution in [0.25, 0.3) is 0 Å². The minimum absolute atomic E-state index is 0.0152. The summed E-state index contributed by atoms with van der Waals surface area (Å²) in [5.74, 6) is -0.0502. The fraction of sp³-hybridized carbons (Fsp3) is 0.893. The van der Waals surface area contributed by atoms with Gasteiger partial charge in [-0.2, -0.15) is 0 Å². The van der Waals surface area contributed by atoms with Crippen LogP contribution in [0.1, 0.15) is 406 Å². The lowest BCUT2D eigenvalue weighted by atomic mass is 10.0. The molecule has 0 rings (SSSR count). The van der Waals surface area contributed by atoms with E-state index in [1.165, 1.54) is 334 Å². The van der Waals surface area contributed by atoms with Gasteiger partial charge in [0.25, 0.3) is 0 Å². The first-order chi connectivity index (χ1) is 40.0. The number of aliphatic hydroxyl groups is 2. The number of unbranched alkanes of at least 4 members (excludes halogenated alkanes) is 54. The zero-order valence-electron chi connectivity index (χ0n) is 54.8. The summed E-state index contributed by atoms with van der Waals surface area (Å²) in [4.78, 5) is 24.6. The lowest BCUT2D eigenvalue weighted by molar-refractivity contribution is -0.143. The SMILES string of the molecule is CCCCCCCCCCCCCCCCCCCC/C=C/C(O)C(CO)NC(=O)CCCCCCCCCCCCCCC/C=C\C/C=C\CCCCCCCCCCCOC(=O)CCCCCCCCCCCCCCCCC. The Morgan fingerprint density at radius 1 is 0.346 bits per heavy atom. The van der Waals surface area contributed by atoms with Crippen LogP contribution in [0, 0.1) is 0 Å². The van der Waals surface area contributed by atoms with E-state index in [9.17, 15) is 19.8 Å². The van der Waals surface area contributed by atoms with Crippen LogP contribution in [0.15, 0.2) is 36.5 Å². The topological polar surface area (TPSA) is 95.9 Å². The van der Waals surface area contributed by atoms with E-state index in [-0.39, 0.29) is 18.5 Å². The highest BCUT2D eigenvalue weighted by atomic mass is 16.5. The van der Waals surface area contributed by atoms with E-state index >= 15 is 0 Å². The molecule has 81 heavy (non-hydrogen) atoms. The maximum atomic E-state index is 12.5. The maximum Gasteiger partial charge on any atom is 0.305 e. The Balaban J connectivity index is 3.42. The standard InChI is InChI=1S/C75H143NO5/c1-3-5-7-9-11-13-15-17-19-20-21-33-36-40-43-47-51-55-59-63-67-73(78)72(71-77)76-74(79)68-64-60-56-52-48-44-41-37-34-31-29-27-25-23-22-24-26-28-30-32-35-38-42-46-50-54-58-62-66-70-81-75(80)69-65-61-57-53-49-45-39-18-16-14-12-10-8-6-4-2/h22,24,28,30,63,67,72-73,77-78H,3-21,23,25-27,29,31-62,64-66,68-71H2,1-2H3,(H,76,79)/b24-22-,30-28-,67-63+. The normalized spacial score (nSPS) is 12.7. The number of carbonyl (C=O) groups is 2. The molecule has 1 amide bonds. The molecule has 0 fully saturated rings. The van der Waals surface area contributed by atoms with E-state index in [1.807, 2.05) is 6.08 Å². The molecule has 0 aromatic carbocycles. The van der Waals surface area contributed by atoms with Gasteiger partial charge in [-0.1, -0.05) is 365 Å². The molecule has 0 aromatic heterocycles. The van der Waals surface area contributed by atoms with Gasteiger partial charge in [-0.3, -0.25) is 9.59 Å². The summed E-state index contributed by atoms with van der Waals surface area (Å²) in [6.07, 6.45) is 90.9. The fourth-order valence-electron chi connectivity index (χ4n) is 11.6. The summed E-state index contributed by atoms with van der Waals surface area (Å²) in [6.45, 7) is 4.94. The number of rotatable bonds is 69. The molecule has 0 aliphatic rings. The van der Waals surface area contributed by atoms with Crippen molar-refractivity contribution in [2.75, 3.05) is 13.2 Å². The van der Waals surface area contributed by atoms with Crippen LogP contribution in [-0.2, 0) is 14.3 Å². The average Bonchev–Trinajstić information content (AvgIpc) is 3.47. The molecule has 0 spiro atoms. The smallest absolute Gasteiger partial charge is 0.305 e. The second-order valence-corrected chi connectivity index (χ2v) is 25.3. The molecular weight excluding hydrogens is 995 g/mol. The number of esters is 1. The first kappa shape index (κ1) is 79.1. The lowest BCUT2D eigenvalue weighted by Gasteiger charge is -2.20. The third kappa shape index (κ3) is 67.1. The van der Waals surface area contributed by atoms with Crippen molar-refractivity contribution in [3.63, 3.8) is 0 Å². The molecule has 0 saturated carbocycles. The van der Waals surface area contributed by atoms with Crippen molar-refractivity contribution in [3.05, 3.63) is 36.5 Å². The number of hydrogen-bond acceptors (Lipinski definition) is 5. The third-order valence-corrected chi connectivity index (χ3v) is 17.2. The molecule has 0 saturated heterocycles. The monoisotopic (exact) mass is 1140 g/mol. The molecule has 2 unspecified atom stereocenters. The molecule has 478 valence electrons. The first-order valence-corrected chi connectivity index (χ1v) is 36.8. The molecule has 0 bridgehead atoms. The van der Waals surface area contributed by atoms with Gasteiger partial charge in [-0.25, -0.2) is 0 Å². The number of aliphatic hydroxyl groups excluding tert-OH is 2. The second kappa shape index (κ2) is 70.6. The predicted octanol–water partition coefficient (Wildman–Crippen LogP) is 23.9. The second-order valence-electron chi connectivity index (χ2n) is 25.3. The van der Waals surface area contributed by atoms with E-state index in [0.29, 0.717) is 19.4 Å². The minimum Gasteiger partial charge on any atom is -0.466 e. The molecule has 0 radical (unpaired) electrons. The van der Waals surface area contributed by atoms with Crippen molar-refractivity contribution in [1.29, 1.82) is 0 Å². The van der Waals surface area contributed by atoms with Crippen molar-refractivity contribution in [1.82, 2.24) is 5.32 Å². The summed E-state index contributed by atoms with van der Waals surface area (Å²) in [5, 5.41) is 23.2. The Morgan fingerprint density at radius 3 is 0.938 bits per heavy atom. The fourth-order valence-corrected chi connectivity index (χ4v) is 11.6. The van der Waals surface area contributed by atoms with Gasteiger partial charge in [-0.15, -0.1) is 0 Å². The molecule has 6 heteroatoms. The summed E-state index contributed by atoms with van der Waals surface area (Å²) in [5.41, 5.74) is 0. The van der Waals surface area contributed by atoms with E-state index in [4.69, 9.17) is 4.74 Å². The Morgan fingerprint density at radius 2 is 0.617 bits per heavy atom. The van der Waals surface area contributed by atoms with Gasteiger partial charge in [0, 0.05) is 12.8 Å². The number of allylic oxidation sites excluding steroid dienone is 5. The Labute approximate surface area is 506 Å². The number of carbonyl (C=O) groups excluding carboxylic acids is 2. The van der Waals surface area contributed by atoms with Crippen molar-refractivity contribution in [2.24, 2.45) is 0 Å². The van der Waals surface area contributed by atoms with Crippen LogP contribution in [-0.4, -0.2) is 47.4 Å². The quantitative estimate of drug-likeness (QED) is 0.0320. The van der Waals surface area contributed by atoms with Crippen LogP contribution >= 0.6 is 0 Å². The largest absolute Gasteiger partial charge is 0.466 e. The minimum atomic E-state index is -0.846. The lowest BCUT2D eigenvalue weighted by Crippen LogP contribution is -2.45. The molecule has 3 N–H and O–H groups in total. The van der Waals surface area contributed by atoms with Crippen molar-refractivity contribution >= 4 is 11.9 Å². The first-order valence-electron chi connectivity index (χ1n) is 36.8. The Kier molecular flexibility index (Phi) is 68.9. The van der Waals surface area contributed by atoms with Gasteiger partial charge in [0.2, 0.25) is 5.91 Å². The maximum absolute atomic E-state index is 12.5. The highest BCUT2D eigenvalue weighted by molar-refractivity contribution is 5.76. The van der Waals surface area contributed by atoms with Crippen LogP contribution in [0.3, 0.4) is 0 Å². The van der Waals surface area contributed by atoms with E-state index in [2.05, 4.69) is 43.5 Å². The van der Waals surface area contributed by atoms with Gasteiger partial charge in [0.15, 0.2) is 0 Å². The van der Waals surface area contributed by atoms with Crippen LogP contribution in [0.4, 0.5) is 0 Å². The molecule has 0 aliphatic carbocycles. The number of amides is 1. The van der Waals surface area contributed by atoms with Crippen molar-refractivity contribution < 1.29 is 24.5 Å². The highest BCUT2D eigenvalue weighted by Crippen LogP contribution is 2.19. The van der Waals surface area contributed by atoms with Gasteiger partial charge in [0.1, 0.15) is 0 Å². The summed E-state index contributed by atoms with van der Waals surface area (Å²) >= 11 is 0. The zero-order chi connectivity index (χ0) is 58.5. The molecule has 0 aromatic rings. The highest BCUT2D eigenvalue weighted by Gasteiger charge is 2.18. The van der Waals surface area contributed by atoms with E-state index in [0.717, 1.165) is 44.9 Å². The molecule has 2 atom stereocenters. The molecule has 0 heterocycles. The number of ether oxygens (including phenoxy) is 1. The third-order valence-electron chi connectivity index (χ3n) is 17.2. The summed E-state index contributed by atoms with van der Waals surface area (Å²) < 4.78 is 5.50. The predicted molar refractivity (Wildman–Crippen MR) is 356 cm³/mol. The van der Waals surface area contributed by atoms with Gasteiger partial charge in [0.05, 0.1) is 25.4 Å². The summed E-state index contributed by atoms with van der Waals surface area (Å²) in [7, 11) is 0. The average molecular weight is 1140 g/mol. The van der Waals surface area contributed by atoms with Crippen LogP contribution in [0.2, 0.25) is 0 Å². The van der Waals surface area contributed by atoms with Crippen molar-refractivity contribution in [2.45, 2.75) is 418 Å². The van der Waals surface area contributed by atoms with Gasteiger partial charge in [-0.05, 0) is 64.2 Å². The van der Waals surface area contributed by atoms with Crippen molar-refractivity contribution in [3.8, 4) is 0 Å². The van der Waals surface area contributed by atoms with Gasteiger partial charge < -0.3 is 20.3 Å². The van der Waals surface area contributed by atoms with Gasteiger partial charge >= 0.3 is 5.97 Å². The Hall–Kier alpha value is -1.92. The number of hydrogen-bond donors (Lipinski definition) is 3. The van der Waals surface area contributed by atoms with E-state index in [1.54, 1.807) is 6.08 Å². The number of nitrogens with one attached hydrogen (secondary N) is 1. The summed E-state index contributed by atoms with van der Waals surface area (Å²) in [6, 6.07) is -0.630. The van der Waals surface area contributed by atoms with E-state index < -0.39 is 12.1 Å². The molecule has 0 aliphatic heterocycles. The van der Waals surface area contributed by atoms with Crippen LogP contribution < -0.4 is 5.32 Å². The molecule has 6 nitrogen and oxygen atoms in total. The Bertz CT molecular complexity index is 1310. The van der Waals surface area contributed by atoms with Crippen LogP contribution in [0.5, 0.6) is 0 Å². The molecular formula is C75H143NO5.